The summed E-state index contributed by atoms with van der Waals surface area (Å²) in [6.45, 7) is 3.71. The fourth-order valence-corrected chi connectivity index (χ4v) is 1.28. The maximum Gasteiger partial charge on any atom is 0.0478 e. The topological polar surface area (TPSA) is 87.3 Å². The van der Waals surface area contributed by atoms with Crippen molar-refractivity contribution in [2.45, 2.75) is 19.3 Å². The first-order valence-electron chi connectivity index (χ1n) is 6.57. The Morgan fingerprint density at radius 2 is 1.33 bits per heavy atom. The van der Waals surface area contributed by atoms with Gasteiger partial charge in [0.2, 0.25) is 0 Å². The van der Waals surface area contributed by atoms with Crippen LogP contribution in [0.2, 0.25) is 0 Å². The lowest BCUT2D eigenvalue weighted by molar-refractivity contribution is 0.132. The third-order valence-corrected chi connectivity index (χ3v) is 2.26. The average molecular weight is 253 g/mol. The molecule has 4 heteroatoms. The Hall–Kier alpha value is -0.940. The van der Waals surface area contributed by atoms with Gasteiger partial charge in [0.05, 0.1) is 0 Å². The highest BCUT2D eigenvalue weighted by atomic mass is 16.5. The molecular formula is C14H27N3O. The quantitative estimate of drug-likeness (QED) is 0.600. The van der Waals surface area contributed by atoms with Crippen molar-refractivity contribution in [3.8, 4) is 0 Å². The fraction of sp³-hybridized carbons (Fsp3) is 0.571. The van der Waals surface area contributed by atoms with Gasteiger partial charge in [-0.2, -0.15) is 0 Å². The van der Waals surface area contributed by atoms with Crippen LogP contribution in [0.5, 0.6) is 0 Å². The van der Waals surface area contributed by atoms with Crippen LogP contribution in [-0.2, 0) is 11.2 Å². The second-order valence-corrected chi connectivity index (χ2v) is 3.92. The molecule has 1 aromatic rings. The molecule has 0 saturated carbocycles. The van der Waals surface area contributed by atoms with Crippen LogP contribution in [0.25, 0.3) is 0 Å². The molecular weight excluding hydrogens is 226 g/mol. The minimum Gasteiger partial charge on any atom is -0.381 e. The molecule has 0 fully saturated rings. The SMILES string of the molecule is NCCCOCCCN.NCCc1ccccc1. The van der Waals surface area contributed by atoms with Crippen molar-refractivity contribution in [3.05, 3.63) is 35.9 Å². The zero-order chi connectivity index (χ0) is 13.5. The molecule has 0 aliphatic rings. The van der Waals surface area contributed by atoms with E-state index in [1.54, 1.807) is 0 Å². The standard InChI is InChI=1S/C8H11N.C6H16N2O/c9-7-6-8-4-2-1-3-5-8;7-3-1-5-9-6-2-4-8/h1-5H,6-7,9H2;1-8H2. The summed E-state index contributed by atoms with van der Waals surface area (Å²) < 4.78 is 5.15. The highest BCUT2D eigenvalue weighted by molar-refractivity contribution is 5.14. The van der Waals surface area contributed by atoms with E-state index in [-0.39, 0.29) is 0 Å². The maximum atomic E-state index is 5.36. The third-order valence-electron chi connectivity index (χ3n) is 2.26. The molecule has 0 bridgehead atoms. The molecule has 0 amide bonds. The molecule has 0 heterocycles. The average Bonchev–Trinajstić information content (AvgIpc) is 2.41. The van der Waals surface area contributed by atoms with Crippen molar-refractivity contribution >= 4 is 0 Å². The monoisotopic (exact) mass is 253 g/mol. The van der Waals surface area contributed by atoms with Crippen molar-refractivity contribution in [1.29, 1.82) is 0 Å². The predicted octanol–water partition coefficient (Wildman–Crippen LogP) is 0.888. The zero-order valence-corrected chi connectivity index (χ0v) is 11.2. The smallest absolute Gasteiger partial charge is 0.0478 e. The molecule has 0 saturated heterocycles. The van der Waals surface area contributed by atoms with Crippen LogP contribution in [0.1, 0.15) is 18.4 Å². The number of hydrogen-bond acceptors (Lipinski definition) is 4. The Kier molecular flexibility index (Phi) is 13.4. The van der Waals surface area contributed by atoms with E-state index in [9.17, 15) is 0 Å². The van der Waals surface area contributed by atoms with Gasteiger partial charge >= 0.3 is 0 Å². The van der Waals surface area contributed by atoms with Crippen LogP contribution in [-0.4, -0.2) is 32.8 Å². The van der Waals surface area contributed by atoms with Gasteiger partial charge in [-0.3, -0.25) is 0 Å². The Morgan fingerprint density at radius 1 is 0.778 bits per heavy atom. The van der Waals surface area contributed by atoms with Gasteiger partial charge in [0.1, 0.15) is 0 Å². The Balaban J connectivity index is 0.000000321. The zero-order valence-electron chi connectivity index (χ0n) is 11.2. The van der Waals surface area contributed by atoms with Gasteiger partial charge in [-0.15, -0.1) is 0 Å². The Labute approximate surface area is 110 Å². The lowest BCUT2D eigenvalue weighted by Gasteiger charge is -1.99. The summed E-state index contributed by atoms with van der Waals surface area (Å²) in [6.07, 6.45) is 2.88. The lowest BCUT2D eigenvalue weighted by Crippen LogP contribution is -2.08. The van der Waals surface area contributed by atoms with E-state index in [2.05, 4.69) is 12.1 Å². The molecule has 0 spiro atoms. The number of nitrogens with two attached hydrogens (primary N) is 3. The number of rotatable bonds is 8. The van der Waals surface area contributed by atoms with Crippen LogP contribution < -0.4 is 17.2 Å². The van der Waals surface area contributed by atoms with Crippen LogP contribution in [0, 0.1) is 0 Å². The van der Waals surface area contributed by atoms with E-state index in [0.717, 1.165) is 39.0 Å². The molecule has 1 rings (SSSR count). The van der Waals surface area contributed by atoms with Gasteiger partial charge in [-0.1, -0.05) is 30.3 Å². The number of ether oxygens (including phenoxy) is 1. The normalized spacial score (nSPS) is 9.72. The van der Waals surface area contributed by atoms with Crippen LogP contribution >= 0.6 is 0 Å². The van der Waals surface area contributed by atoms with Gasteiger partial charge in [-0.25, -0.2) is 0 Å². The van der Waals surface area contributed by atoms with Crippen LogP contribution in [0.15, 0.2) is 30.3 Å². The first-order chi connectivity index (χ1) is 8.85. The van der Waals surface area contributed by atoms with Gasteiger partial charge < -0.3 is 21.9 Å². The molecule has 0 aliphatic carbocycles. The van der Waals surface area contributed by atoms with Crippen LogP contribution in [0.3, 0.4) is 0 Å². The first kappa shape index (κ1) is 17.1. The molecule has 0 aromatic heterocycles. The summed E-state index contributed by atoms with van der Waals surface area (Å²) in [7, 11) is 0. The summed E-state index contributed by atoms with van der Waals surface area (Å²) in [5.74, 6) is 0. The molecule has 0 aliphatic heterocycles. The van der Waals surface area contributed by atoms with E-state index < -0.39 is 0 Å². The maximum absolute atomic E-state index is 5.36. The summed E-state index contributed by atoms with van der Waals surface area (Å²) in [4.78, 5) is 0. The van der Waals surface area contributed by atoms with Gasteiger partial charge in [-0.05, 0) is 44.5 Å². The van der Waals surface area contributed by atoms with Crippen molar-refractivity contribution in [1.82, 2.24) is 0 Å². The largest absolute Gasteiger partial charge is 0.381 e. The number of benzene rings is 1. The van der Waals surface area contributed by atoms with Gasteiger partial charge in [0, 0.05) is 13.2 Å². The lowest BCUT2D eigenvalue weighted by atomic mass is 10.2. The first-order valence-corrected chi connectivity index (χ1v) is 6.57. The fourth-order valence-electron chi connectivity index (χ4n) is 1.28. The van der Waals surface area contributed by atoms with Crippen molar-refractivity contribution in [3.63, 3.8) is 0 Å². The summed E-state index contributed by atoms with van der Waals surface area (Å²) in [5, 5.41) is 0. The van der Waals surface area contributed by atoms with Crippen LogP contribution in [0.4, 0.5) is 0 Å². The van der Waals surface area contributed by atoms with E-state index in [1.165, 1.54) is 5.56 Å². The molecule has 0 radical (unpaired) electrons. The summed E-state index contributed by atoms with van der Waals surface area (Å²) in [6, 6.07) is 10.3. The molecule has 0 unspecified atom stereocenters. The molecule has 1 aromatic carbocycles. The minimum atomic E-state index is 0.711. The van der Waals surface area contributed by atoms with Crippen molar-refractivity contribution < 1.29 is 4.74 Å². The van der Waals surface area contributed by atoms with Gasteiger partial charge in [0.25, 0.3) is 0 Å². The third kappa shape index (κ3) is 11.5. The minimum absolute atomic E-state index is 0.711. The molecule has 0 atom stereocenters. The second kappa shape index (κ2) is 14.1. The predicted molar refractivity (Wildman–Crippen MR) is 77.4 cm³/mol. The second-order valence-electron chi connectivity index (χ2n) is 3.92. The molecule has 6 N–H and O–H groups in total. The number of hydrogen-bond donors (Lipinski definition) is 3. The highest BCUT2D eigenvalue weighted by Crippen LogP contribution is 1.96. The van der Waals surface area contributed by atoms with E-state index in [0.29, 0.717) is 13.1 Å². The summed E-state index contributed by atoms with van der Waals surface area (Å²) >= 11 is 0. The molecule has 4 nitrogen and oxygen atoms in total. The van der Waals surface area contributed by atoms with E-state index in [1.807, 2.05) is 18.2 Å². The van der Waals surface area contributed by atoms with Crippen molar-refractivity contribution in [2.75, 3.05) is 32.8 Å². The Morgan fingerprint density at radius 3 is 1.78 bits per heavy atom. The summed E-state index contributed by atoms with van der Waals surface area (Å²) in [5.41, 5.74) is 17.2. The molecule has 104 valence electrons. The van der Waals surface area contributed by atoms with Gasteiger partial charge in [0.15, 0.2) is 0 Å². The molecule has 18 heavy (non-hydrogen) atoms. The van der Waals surface area contributed by atoms with E-state index in [4.69, 9.17) is 21.9 Å². The Bertz CT molecular complexity index is 248. The highest BCUT2D eigenvalue weighted by Gasteiger charge is 1.85. The van der Waals surface area contributed by atoms with E-state index >= 15 is 0 Å². The van der Waals surface area contributed by atoms with Crippen molar-refractivity contribution in [2.24, 2.45) is 17.2 Å².